The van der Waals surface area contributed by atoms with Gasteiger partial charge >= 0.3 is 6.03 Å². The van der Waals surface area contributed by atoms with E-state index in [9.17, 15) is 9.90 Å². The normalized spacial score (nSPS) is 20.8. The summed E-state index contributed by atoms with van der Waals surface area (Å²) < 4.78 is 5.06. The lowest BCUT2D eigenvalue weighted by molar-refractivity contribution is 0.0171. The molecule has 3 rings (SSSR count). The Labute approximate surface area is 134 Å². The quantitative estimate of drug-likeness (QED) is 0.885. The van der Waals surface area contributed by atoms with Crippen molar-refractivity contribution in [2.24, 2.45) is 0 Å². The number of rotatable bonds is 2. The highest BCUT2D eigenvalue weighted by Gasteiger charge is 2.44. The number of nitrogens with zero attached hydrogens (tertiary/aromatic N) is 3. The second kappa shape index (κ2) is 5.66. The number of hydrogen-bond acceptors (Lipinski definition) is 5. The number of benzene rings is 1. The number of carbonyl (C=O) groups is 1. The number of aryl methyl sites for hydroxylation is 2. The van der Waals surface area contributed by atoms with Gasteiger partial charge < -0.3 is 19.8 Å². The zero-order chi connectivity index (χ0) is 16.6. The van der Waals surface area contributed by atoms with Crippen molar-refractivity contribution in [3.63, 3.8) is 0 Å². The molecule has 1 saturated heterocycles. The van der Waals surface area contributed by atoms with E-state index < -0.39 is 5.60 Å². The topological polar surface area (TPSA) is 91.5 Å². The van der Waals surface area contributed by atoms with E-state index in [1.807, 2.05) is 32.0 Å². The van der Waals surface area contributed by atoms with Crippen molar-refractivity contribution in [1.29, 1.82) is 0 Å². The molecule has 1 unspecified atom stereocenters. The molecule has 7 nitrogen and oxygen atoms in total. The first-order valence-electron chi connectivity index (χ1n) is 7.54. The first-order valence-corrected chi connectivity index (χ1v) is 7.54. The van der Waals surface area contributed by atoms with Crippen LogP contribution in [0.25, 0.3) is 0 Å². The number of carbonyl (C=O) groups excluding carboxylic acids is 1. The van der Waals surface area contributed by atoms with Crippen molar-refractivity contribution >= 4 is 11.7 Å². The molecule has 0 bridgehead atoms. The summed E-state index contributed by atoms with van der Waals surface area (Å²) in [6.45, 7) is 6.21. The van der Waals surface area contributed by atoms with Crippen LogP contribution in [-0.4, -0.2) is 39.3 Å². The zero-order valence-electron chi connectivity index (χ0n) is 13.5. The van der Waals surface area contributed by atoms with E-state index in [1.165, 1.54) is 0 Å². The molecule has 2 amide bonds. The van der Waals surface area contributed by atoms with Crippen LogP contribution in [-0.2, 0) is 5.60 Å². The first kappa shape index (κ1) is 15.5. The Morgan fingerprint density at radius 3 is 2.87 bits per heavy atom. The maximum absolute atomic E-state index is 12.4. The van der Waals surface area contributed by atoms with Crippen LogP contribution in [0.2, 0.25) is 0 Å². The SMILES string of the molecule is Cc1noc(C2(O)CCN(C(=O)Nc3cccc(C)c3C)C2)n1. The number of β-amino-alcohol motifs (C(OH)–C–C–N with tert-alkyl or cyclic N) is 1. The summed E-state index contributed by atoms with van der Waals surface area (Å²) >= 11 is 0. The molecule has 122 valence electrons. The van der Waals surface area contributed by atoms with Gasteiger partial charge in [-0.15, -0.1) is 0 Å². The van der Waals surface area contributed by atoms with Crippen LogP contribution in [0.1, 0.15) is 29.3 Å². The molecule has 0 aliphatic carbocycles. The predicted octanol–water partition coefficient (Wildman–Crippen LogP) is 2.12. The number of nitrogens with one attached hydrogen (secondary N) is 1. The van der Waals surface area contributed by atoms with E-state index >= 15 is 0 Å². The monoisotopic (exact) mass is 316 g/mol. The highest BCUT2D eigenvalue weighted by Crippen LogP contribution is 2.31. The van der Waals surface area contributed by atoms with Crippen LogP contribution in [0.5, 0.6) is 0 Å². The Morgan fingerprint density at radius 1 is 1.39 bits per heavy atom. The minimum Gasteiger partial charge on any atom is -0.378 e. The predicted molar refractivity (Wildman–Crippen MR) is 84.1 cm³/mol. The summed E-state index contributed by atoms with van der Waals surface area (Å²) in [5.41, 5.74) is 1.64. The molecule has 1 fully saturated rings. The molecule has 7 heteroatoms. The van der Waals surface area contributed by atoms with Crippen molar-refractivity contribution in [3.05, 3.63) is 41.0 Å². The summed E-state index contributed by atoms with van der Waals surface area (Å²) in [7, 11) is 0. The van der Waals surface area contributed by atoms with E-state index in [-0.39, 0.29) is 18.5 Å². The van der Waals surface area contributed by atoms with E-state index in [4.69, 9.17) is 4.52 Å². The van der Waals surface area contributed by atoms with Gasteiger partial charge in [0.2, 0.25) is 0 Å². The van der Waals surface area contributed by atoms with Gasteiger partial charge in [-0.2, -0.15) is 4.98 Å². The molecule has 2 N–H and O–H groups in total. The van der Waals surface area contributed by atoms with Gasteiger partial charge in [0, 0.05) is 18.7 Å². The van der Waals surface area contributed by atoms with Gasteiger partial charge in [-0.3, -0.25) is 0 Å². The Hall–Kier alpha value is -2.41. The van der Waals surface area contributed by atoms with E-state index in [0.717, 1.165) is 16.8 Å². The Morgan fingerprint density at radius 2 is 2.17 bits per heavy atom. The molecule has 1 aliphatic heterocycles. The van der Waals surface area contributed by atoms with Crippen molar-refractivity contribution in [2.45, 2.75) is 32.8 Å². The number of aliphatic hydroxyl groups is 1. The van der Waals surface area contributed by atoms with Gasteiger partial charge in [0.15, 0.2) is 11.4 Å². The minimum atomic E-state index is -1.28. The second-order valence-corrected chi connectivity index (χ2v) is 6.03. The fraction of sp³-hybridized carbons (Fsp3) is 0.438. The molecular weight excluding hydrogens is 296 g/mol. The number of urea groups is 1. The number of hydrogen-bond donors (Lipinski definition) is 2. The number of amides is 2. The summed E-state index contributed by atoms with van der Waals surface area (Å²) in [5.74, 6) is 0.628. The fourth-order valence-corrected chi connectivity index (χ4v) is 2.71. The molecule has 1 aliphatic rings. The number of aromatic nitrogens is 2. The molecule has 0 radical (unpaired) electrons. The molecule has 23 heavy (non-hydrogen) atoms. The minimum absolute atomic E-state index is 0.130. The Kier molecular flexibility index (Phi) is 3.81. The summed E-state index contributed by atoms with van der Waals surface area (Å²) in [6, 6.07) is 5.52. The molecule has 0 spiro atoms. The van der Waals surface area contributed by atoms with Crippen LogP contribution in [0.15, 0.2) is 22.7 Å². The van der Waals surface area contributed by atoms with Crippen LogP contribution in [0.4, 0.5) is 10.5 Å². The maximum Gasteiger partial charge on any atom is 0.321 e. The average molecular weight is 316 g/mol. The van der Waals surface area contributed by atoms with Crippen LogP contribution >= 0.6 is 0 Å². The Bertz CT molecular complexity index is 743. The van der Waals surface area contributed by atoms with E-state index in [2.05, 4.69) is 15.5 Å². The van der Waals surface area contributed by atoms with Gasteiger partial charge in [-0.1, -0.05) is 17.3 Å². The van der Waals surface area contributed by atoms with Crippen molar-refractivity contribution in [2.75, 3.05) is 18.4 Å². The number of anilines is 1. The third kappa shape index (κ3) is 2.92. The van der Waals surface area contributed by atoms with Crippen LogP contribution < -0.4 is 5.32 Å². The van der Waals surface area contributed by atoms with Gasteiger partial charge in [0.1, 0.15) is 0 Å². The highest BCUT2D eigenvalue weighted by atomic mass is 16.5. The second-order valence-electron chi connectivity index (χ2n) is 6.03. The molecular formula is C16H20N4O3. The third-order valence-corrected chi connectivity index (χ3v) is 4.31. The van der Waals surface area contributed by atoms with Crippen LogP contribution in [0.3, 0.4) is 0 Å². The van der Waals surface area contributed by atoms with Gasteiger partial charge in [-0.25, -0.2) is 4.79 Å². The van der Waals surface area contributed by atoms with Gasteiger partial charge in [0.05, 0.1) is 6.54 Å². The lowest BCUT2D eigenvalue weighted by Crippen LogP contribution is -2.37. The lowest BCUT2D eigenvalue weighted by Gasteiger charge is -2.21. The third-order valence-electron chi connectivity index (χ3n) is 4.31. The Balaban J connectivity index is 1.71. The first-order chi connectivity index (χ1) is 10.9. The molecule has 2 aromatic rings. The van der Waals surface area contributed by atoms with Crippen molar-refractivity contribution in [1.82, 2.24) is 15.0 Å². The van der Waals surface area contributed by atoms with Gasteiger partial charge in [0.25, 0.3) is 5.89 Å². The zero-order valence-corrected chi connectivity index (χ0v) is 13.5. The molecule has 2 heterocycles. The molecule has 1 aromatic carbocycles. The fourth-order valence-electron chi connectivity index (χ4n) is 2.71. The smallest absolute Gasteiger partial charge is 0.321 e. The van der Waals surface area contributed by atoms with Gasteiger partial charge in [-0.05, 0) is 38.0 Å². The van der Waals surface area contributed by atoms with E-state index in [0.29, 0.717) is 18.8 Å². The van der Waals surface area contributed by atoms with Crippen molar-refractivity contribution < 1.29 is 14.4 Å². The van der Waals surface area contributed by atoms with E-state index in [1.54, 1.807) is 11.8 Å². The molecule has 1 atom stereocenters. The maximum atomic E-state index is 12.4. The van der Waals surface area contributed by atoms with Crippen LogP contribution in [0, 0.1) is 20.8 Å². The molecule has 1 aromatic heterocycles. The summed E-state index contributed by atoms with van der Waals surface area (Å²) in [5, 5.41) is 17.2. The summed E-state index contributed by atoms with van der Waals surface area (Å²) in [6.07, 6.45) is 0.370. The number of likely N-dealkylation sites (tertiary alicyclic amines) is 1. The van der Waals surface area contributed by atoms with Crippen molar-refractivity contribution in [3.8, 4) is 0 Å². The molecule has 0 saturated carbocycles. The lowest BCUT2D eigenvalue weighted by atomic mass is 10.0. The summed E-state index contributed by atoms with van der Waals surface area (Å²) in [4.78, 5) is 18.1. The standard InChI is InChI=1S/C16H20N4O3/c1-10-5-4-6-13(11(10)2)18-15(21)20-8-7-16(22,9-20)14-17-12(3)19-23-14/h4-6,22H,7-9H2,1-3H3,(H,18,21). The largest absolute Gasteiger partial charge is 0.378 e. The average Bonchev–Trinajstić information content (AvgIpc) is 3.11. The highest BCUT2D eigenvalue weighted by molar-refractivity contribution is 5.90.